The number of ether oxygens (including phenoxy) is 2. The zero-order chi connectivity index (χ0) is 13.0. The second-order valence-corrected chi connectivity index (χ2v) is 4.59. The topological polar surface area (TPSA) is 55.8 Å². The van der Waals surface area contributed by atoms with E-state index < -0.39 is 5.97 Å². The van der Waals surface area contributed by atoms with Crippen molar-refractivity contribution in [3.63, 3.8) is 0 Å². The summed E-state index contributed by atoms with van der Waals surface area (Å²) in [5.41, 5.74) is 1.17. The number of carboxylic acid groups (broad SMARTS) is 1. The van der Waals surface area contributed by atoms with Crippen molar-refractivity contribution in [1.82, 2.24) is 0 Å². The van der Waals surface area contributed by atoms with E-state index in [0.29, 0.717) is 25.6 Å². The summed E-state index contributed by atoms with van der Waals surface area (Å²) in [5, 5.41) is 8.62. The average Bonchev–Trinajstić information content (AvgIpc) is 2.37. The predicted octanol–water partition coefficient (Wildman–Crippen LogP) is 2.82. The highest BCUT2D eigenvalue weighted by molar-refractivity contribution is 5.66. The van der Waals surface area contributed by atoms with Crippen LogP contribution in [0.5, 0.6) is 11.5 Å². The Hall–Kier alpha value is -1.71. The van der Waals surface area contributed by atoms with Crippen LogP contribution in [0.2, 0.25) is 0 Å². The first kappa shape index (κ1) is 12.7. The molecule has 2 rings (SSSR count). The maximum Gasteiger partial charge on any atom is 0.303 e. The minimum Gasteiger partial charge on any atom is -0.486 e. The molecule has 1 atom stereocenters. The summed E-state index contributed by atoms with van der Waals surface area (Å²) >= 11 is 0. The molecule has 1 aliphatic rings. The molecule has 0 saturated carbocycles. The molecular formula is C14H18O4. The first-order valence-electron chi connectivity index (χ1n) is 6.28. The van der Waals surface area contributed by atoms with Gasteiger partial charge in [0.2, 0.25) is 0 Å². The average molecular weight is 250 g/mol. The second kappa shape index (κ2) is 5.76. The Kier molecular flexibility index (Phi) is 4.07. The molecule has 0 aliphatic carbocycles. The molecule has 0 spiro atoms. The predicted molar refractivity (Wildman–Crippen MR) is 67.3 cm³/mol. The fraction of sp³-hybridized carbons (Fsp3) is 0.500. The first-order chi connectivity index (χ1) is 8.66. The number of aliphatic carboxylic acids is 1. The summed E-state index contributed by atoms with van der Waals surface area (Å²) in [4.78, 5) is 10.5. The molecule has 0 bridgehead atoms. The van der Waals surface area contributed by atoms with Crippen LogP contribution in [0.3, 0.4) is 0 Å². The van der Waals surface area contributed by atoms with Gasteiger partial charge in [-0.3, -0.25) is 4.79 Å². The van der Waals surface area contributed by atoms with Crippen LogP contribution in [0.15, 0.2) is 18.2 Å². The van der Waals surface area contributed by atoms with E-state index in [-0.39, 0.29) is 6.42 Å². The van der Waals surface area contributed by atoms with E-state index in [1.54, 1.807) is 0 Å². The third kappa shape index (κ3) is 3.15. The number of carboxylic acids is 1. The van der Waals surface area contributed by atoms with E-state index in [1.807, 2.05) is 18.2 Å². The van der Waals surface area contributed by atoms with Gasteiger partial charge in [0.15, 0.2) is 11.5 Å². The first-order valence-corrected chi connectivity index (χ1v) is 6.28. The molecule has 4 nitrogen and oxygen atoms in total. The van der Waals surface area contributed by atoms with Crippen LogP contribution in [0.4, 0.5) is 0 Å². The highest BCUT2D eigenvalue weighted by atomic mass is 16.6. The Morgan fingerprint density at radius 3 is 2.78 bits per heavy atom. The highest BCUT2D eigenvalue weighted by Crippen LogP contribution is 2.34. The zero-order valence-electron chi connectivity index (χ0n) is 10.5. The van der Waals surface area contributed by atoms with Gasteiger partial charge in [0, 0.05) is 6.42 Å². The van der Waals surface area contributed by atoms with Crippen molar-refractivity contribution in [2.45, 2.75) is 32.1 Å². The van der Waals surface area contributed by atoms with Crippen molar-refractivity contribution in [2.75, 3.05) is 13.2 Å². The van der Waals surface area contributed by atoms with E-state index in [0.717, 1.165) is 17.9 Å². The molecule has 0 amide bonds. The normalized spacial score (nSPS) is 15.2. The van der Waals surface area contributed by atoms with E-state index in [2.05, 4.69) is 6.92 Å². The quantitative estimate of drug-likeness (QED) is 0.873. The molecule has 1 aliphatic heterocycles. The standard InChI is InChI=1S/C14H18O4/c1-10(3-2-4-14(15)16)11-5-6-12-13(9-11)18-8-7-17-12/h5-6,9-10H,2-4,7-8H2,1H3,(H,15,16). The van der Waals surface area contributed by atoms with Gasteiger partial charge in [0.25, 0.3) is 0 Å². The van der Waals surface area contributed by atoms with Crippen molar-refractivity contribution in [2.24, 2.45) is 0 Å². The minimum atomic E-state index is -0.732. The van der Waals surface area contributed by atoms with Crippen LogP contribution in [-0.2, 0) is 4.79 Å². The Morgan fingerprint density at radius 1 is 1.33 bits per heavy atom. The van der Waals surface area contributed by atoms with Crippen molar-refractivity contribution in [3.05, 3.63) is 23.8 Å². The molecule has 1 aromatic carbocycles. The van der Waals surface area contributed by atoms with E-state index >= 15 is 0 Å². The molecule has 0 saturated heterocycles. The summed E-state index contributed by atoms with van der Waals surface area (Å²) in [5.74, 6) is 1.19. The van der Waals surface area contributed by atoms with Crippen molar-refractivity contribution < 1.29 is 19.4 Å². The molecule has 0 radical (unpaired) electrons. The van der Waals surface area contributed by atoms with Crippen LogP contribution in [0, 0.1) is 0 Å². The van der Waals surface area contributed by atoms with E-state index in [4.69, 9.17) is 14.6 Å². The SMILES string of the molecule is CC(CCCC(=O)O)c1ccc2c(c1)OCCO2. The van der Waals surface area contributed by atoms with Gasteiger partial charge in [-0.15, -0.1) is 0 Å². The summed E-state index contributed by atoms with van der Waals surface area (Å²) in [7, 11) is 0. The zero-order valence-corrected chi connectivity index (χ0v) is 10.5. The van der Waals surface area contributed by atoms with E-state index in [9.17, 15) is 4.79 Å². The Bertz CT molecular complexity index is 428. The molecule has 98 valence electrons. The summed E-state index contributed by atoms with van der Waals surface area (Å²) in [6, 6.07) is 5.95. The third-order valence-electron chi connectivity index (χ3n) is 3.16. The fourth-order valence-corrected chi connectivity index (χ4v) is 2.09. The van der Waals surface area contributed by atoms with Gasteiger partial charge in [0.1, 0.15) is 13.2 Å². The van der Waals surface area contributed by atoms with Gasteiger partial charge in [0.05, 0.1) is 0 Å². The van der Waals surface area contributed by atoms with Crippen LogP contribution in [0.25, 0.3) is 0 Å². The van der Waals surface area contributed by atoms with Gasteiger partial charge in [-0.05, 0) is 36.5 Å². The smallest absolute Gasteiger partial charge is 0.303 e. The molecular weight excluding hydrogens is 232 g/mol. The van der Waals surface area contributed by atoms with Crippen molar-refractivity contribution in [3.8, 4) is 11.5 Å². The van der Waals surface area contributed by atoms with Crippen molar-refractivity contribution in [1.29, 1.82) is 0 Å². The van der Waals surface area contributed by atoms with Crippen LogP contribution < -0.4 is 9.47 Å². The van der Waals surface area contributed by atoms with Crippen LogP contribution in [-0.4, -0.2) is 24.3 Å². The maximum absolute atomic E-state index is 10.5. The minimum absolute atomic E-state index is 0.231. The number of fused-ring (bicyclic) bond motifs is 1. The summed E-state index contributed by atoms with van der Waals surface area (Å²) in [6.07, 6.45) is 1.80. The molecule has 0 aromatic heterocycles. The Balaban J connectivity index is 1.97. The largest absolute Gasteiger partial charge is 0.486 e. The lowest BCUT2D eigenvalue weighted by Crippen LogP contribution is -2.15. The summed E-state index contributed by atoms with van der Waals surface area (Å²) < 4.78 is 11.0. The fourth-order valence-electron chi connectivity index (χ4n) is 2.09. The number of hydrogen-bond acceptors (Lipinski definition) is 3. The molecule has 4 heteroatoms. The molecule has 1 aromatic rings. The van der Waals surface area contributed by atoms with Gasteiger partial charge in [-0.1, -0.05) is 13.0 Å². The number of benzene rings is 1. The third-order valence-corrected chi connectivity index (χ3v) is 3.16. The number of carbonyl (C=O) groups is 1. The van der Waals surface area contributed by atoms with Gasteiger partial charge in [-0.25, -0.2) is 0 Å². The number of hydrogen-bond donors (Lipinski definition) is 1. The summed E-state index contributed by atoms with van der Waals surface area (Å²) in [6.45, 7) is 3.29. The Labute approximate surface area is 107 Å². The highest BCUT2D eigenvalue weighted by Gasteiger charge is 2.14. The monoisotopic (exact) mass is 250 g/mol. The molecule has 18 heavy (non-hydrogen) atoms. The van der Waals surface area contributed by atoms with Gasteiger partial charge >= 0.3 is 5.97 Å². The van der Waals surface area contributed by atoms with E-state index in [1.165, 1.54) is 5.56 Å². The molecule has 0 fully saturated rings. The van der Waals surface area contributed by atoms with Crippen LogP contribution >= 0.6 is 0 Å². The Morgan fingerprint density at radius 2 is 2.06 bits per heavy atom. The van der Waals surface area contributed by atoms with Gasteiger partial charge in [-0.2, -0.15) is 0 Å². The number of rotatable bonds is 5. The maximum atomic E-state index is 10.5. The molecule has 1 N–H and O–H groups in total. The van der Waals surface area contributed by atoms with Crippen LogP contribution in [0.1, 0.15) is 37.7 Å². The molecule has 1 heterocycles. The lowest BCUT2D eigenvalue weighted by molar-refractivity contribution is -0.137. The second-order valence-electron chi connectivity index (χ2n) is 4.59. The van der Waals surface area contributed by atoms with Crippen molar-refractivity contribution >= 4 is 5.97 Å². The molecule has 1 unspecified atom stereocenters. The lowest BCUT2D eigenvalue weighted by Gasteiger charge is -2.20. The lowest BCUT2D eigenvalue weighted by atomic mass is 9.95. The van der Waals surface area contributed by atoms with Gasteiger partial charge < -0.3 is 14.6 Å².